The molecule has 5 heteroatoms. The van der Waals surface area contributed by atoms with Crippen LogP contribution in [0.5, 0.6) is 0 Å². The Labute approximate surface area is 137 Å². The average molecular weight is 313 g/mol. The normalized spacial score (nSPS) is 11.7. The smallest absolute Gasteiger partial charge is 0.269 e. The lowest BCUT2D eigenvalue weighted by Gasteiger charge is -2.16. The lowest BCUT2D eigenvalue weighted by Crippen LogP contribution is -2.26. The number of benzene rings is 1. The van der Waals surface area contributed by atoms with Crippen LogP contribution >= 0.6 is 0 Å². The Morgan fingerprint density at radius 1 is 1.26 bits per heavy atom. The molecule has 122 valence electrons. The van der Waals surface area contributed by atoms with Gasteiger partial charge in [0.1, 0.15) is 5.69 Å². The van der Waals surface area contributed by atoms with Gasteiger partial charge in [0.15, 0.2) is 0 Å². The first-order chi connectivity index (χ1) is 11.2. The van der Waals surface area contributed by atoms with Crippen molar-refractivity contribution in [1.29, 1.82) is 0 Å². The number of hydrogen-bond donors (Lipinski definition) is 2. The van der Waals surface area contributed by atoms with E-state index in [2.05, 4.69) is 34.7 Å². The summed E-state index contributed by atoms with van der Waals surface area (Å²) < 4.78 is 4.96. The number of carbonyl (C=O) groups is 1. The summed E-state index contributed by atoms with van der Waals surface area (Å²) in [5.41, 5.74) is 2.47. The van der Waals surface area contributed by atoms with E-state index in [1.165, 1.54) is 5.56 Å². The molecule has 1 heterocycles. The molecule has 23 heavy (non-hydrogen) atoms. The summed E-state index contributed by atoms with van der Waals surface area (Å²) in [7, 11) is 1.65. The topological polar surface area (TPSA) is 63.2 Å². The van der Waals surface area contributed by atoms with E-state index in [1.54, 1.807) is 19.4 Å². The number of rotatable bonds is 8. The molecule has 1 aromatic carbocycles. The zero-order valence-corrected chi connectivity index (χ0v) is 13.6. The predicted octanol–water partition coefficient (Wildman–Crippen LogP) is 3.02. The summed E-state index contributed by atoms with van der Waals surface area (Å²) in [5.74, 6) is -0.169. The highest BCUT2D eigenvalue weighted by Gasteiger charge is 2.09. The highest BCUT2D eigenvalue weighted by atomic mass is 16.5. The molecule has 0 bridgehead atoms. The van der Waals surface area contributed by atoms with Crippen LogP contribution in [0.2, 0.25) is 0 Å². The van der Waals surface area contributed by atoms with Gasteiger partial charge in [0, 0.05) is 38.2 Å². The van der Waals surface area contributed by atoms with Gasteiger partial charge in [-0.3, -0.25) is 9.78 Å². The van der Waals surface area contributed by atoms with E-state index < -0.39 is 0 Å². The summed E-state index contributed by atoms with van der Waals surface area (Å²) in [6.45, 7) is 3.29. The second-order valence-corrected chi connectivity index (χ2v) is 5.31. The van der Waals surface area contributed by atoms with Crippen LogP contribution in [-0.4, -0.2) is 31.2 Å². The molecule has 0 radical (unpaired) electrons. The quantitative estimate of drug-likeness (QED) is 0.735. The number of carbonyl (C=O) groups excluding carboxylic acids is 1. The van der Waals surface area contributed by atoms with Crippen LogP contribution in [0, 0.1) is 0 Å². The van der Waals surface area contributed by atoms with Crippen molar-refractivity contribution in [3.63, 3.8) is 0 Å². The Morgan fingerprint density at radius 3 is 2.78 bits per heavy atom. The molecule has 0 aliphatic rings. The van der Waals surface area contributed by atoms with Crippen LogP contribution in [0.15, 0.2) is 48.7 Å². The summed E-state index contributed by atoms with van der Waals surface area (Å²) in [5, 5.41) is 6.23. The molecule has 2 rings (SSSR count). The minimum absolute atomic E-state index is 0.149. The van der Waals surface area contributed by atoms with Gasteiger partial charge < -0.3 is 15.4 Å². The van der Waals surface area contributed by atoms with Crippen molar-refractivity contribution in [3.05, 3.63) is 59.9 Å². The first-order valence-corrected chi connectivity index (χ1v) is 7.75. The second-order valence-electron chi connectivity index (χ2n) is 5.31. The Morgan fingerprint density at radius 2 is 2.04 bits per heavy atom. The first-order valence-electron chi connectivity index (χ1n) is 7.75. The van der Waals surface area contributed by atoms with E-state index in [1.807, 2.05) is 24.3 Å². The van der Waals surface area contributed by atoms with Gasteiger partial charge in [0.2, 0.25) is 0 Å². The highest BCUT2D eigenvalue weighted by molar-refractivity contribution is 5.93. The van der Waals surface area contributed by atoms with E-state index in [9.17, 15) is 4.79 Å². The van der Waals surface area contributed by atoms with Gasteiger partial charge in [0.25, 0.3) is 5.91 Å². The number of aromatic nitrogens is 1. The molecule has 0 aliphatic carbocycles. The fraction of sp³-hybridized carbons (Fsp3) is 0.333. The van der Waals surface area contributed by atoms with Crippen LogP contribution in [0.4, 0.5) is 5.69 Å². The van der Waals surface area contributed by atoms with Crippen molar-refractivity contribution in [2.45, 2.75) is 19.4 Å². The standard InChI is InChI=1S/C18H23N3O2/c1-14(15-7-4-3-5-8-15)21-16-9-11-19-17(13-16)18(22)20-10-6-12-23-2/h3-5,7-9,11,13-14H,6,10,12H2,1-2H3,(H,19,21)(H,20,22). The van der Waals surface area contributed by atoms with Gasteiger partial charge in [-0.1, -0.05) is 30.3 Å². The van der Waals surface area contributed by atoms with Gasteiger partial charge in [-0.05, 0) is 31.0 Å². The second kappa shape index (κ2) is 8.90. The highest BCUT2D eigenvalue weighted by Crippen LogP contribution is 2.19. The Bertz CT molecular complexity index is 617. The SMILES string of the molecule is COCCCNC(=O)c1cc(NC(C)c2ccccc2)ccn1. The van der Waals surface area contributed by atoms with Gasteiger partial charge in [-0.15, -0.1) is 0 Å². The van der Waals surface area contributed by atoms with Crippen molar-refractivity contribution in [3.8, 4) is 0 Å². The number of anilines is 1. The summed E-state index contributed by atoms with van der Waals surface area (Å²) >= 11 is 0. The molecule has 1 unspecified atom stereocenters. The monoisotopic (exact) mass is 313 g/mol. The minimum atomic E-state index is -0.169. The third-order valence-electron chi connectivity index (χ3n) is 3.49. The number of ether oxygens (including phenoxy) is 1. The van der Waals surface area contributed by atoms with Crippen molar-refractivity contribution < 1.29 is 9.53 Å². The van der Waals surface area contributed by atoms with E-state index in [0.29, 0.717) is 18.8 Å². The molecule has 5 nitrogen and oxygen atoms in total. The summed E-state index contributed by atoms with van der Waals surface area (Å²) in [6.07, 6.45) is 2.43. The zero-order valence-electron chi connectivity index (χ0n) is 13.6. The van der Waals surface area contributed by atoms with E-state index in [4.69, 9.17) is 4.74 Å². The van der Waals surface area contributed by atoms with Crippen LogP contribution in [0.25, 0.3) is 0 Å². The van der Waals surface area contributed by atoms with Crippen LogP contribution < -0.4 is 10.6 Å². The molecule has 0 spiro atoms. The number of nitrogens with zero attached hydrogens (tertiary/aromatic N) is 1. The zero-order chi connectivity index (χ0) is 16.5. The van der Waals surface area contributed by atoms with Crippen molar-refractivity contribution in [1.82, 2.24) is 10.3 Å². The molecule has 0 aliphatic heterocycles. The van der Waals surface area contributed by atoms with Crippen molar-refractivity contribution in [2.24, 2.45) is 0 Å². The lowest BCUT2D eigenvalue weighted by molar-refractivity contribution is 0.0943. The lowest BCUT2D eigenvalue weighted by atomic mass is 10.1. The maximum Gasteiger partial charge on any atom is 0.269 e. The molecular weight excluding hydrogens is 290 g/mol. The molecule has 1 atom stereocenters. The van der Waals surface area contributed by atoms with E-state index >= 15 is 0 Å². The number of nitrogens with one attached hydrogen (secondary N) is 2. The van der Waals surface area contributed by atoms with Crippen LogP contribution in [0.1, 0.15) is 35.4 Å². The Kier molecular flexibility index (Phi) is 6.56. The number of methoxy groups -OCH3 is 1. The van der Waals surface area contributed by atoms with E-state index in [-0.39, 0.29) is 11.9 Å². The van der Waals surface area contributed by atoms with Crippen LogP contribution in [-0.2, 0) is 4.74 Å². The number of hydrogen-bond acceptors (Lipinski definition) is 4. The minimum Gasteiger partial charge on any atom is -0.385 e. The molecule has 0 fully saturated rings. The molecule has 2 N–H and O–H groups in total. The largest absolute Gasteiger partial charge is 0.385 e. The van der Waals surface area contributed by atoms with Crippen molar-refractivity contribution in [2.75, 3.05) is 25.6 Å². The fourth-order valence-electron chi connectivity index (χ4n) is 2.23. The molecule has 2 aromatic rings. The molecule has 1 aromatic heterocycles. The fourth-order valence-corrected chi connectivity index (χ4v) is 2.23. The summed E-state index contributed by atoms with van der Waals surface area (Å²) in [4.78, 5) is 16.2. The summed E-state index contributed by atoms with van der Waals surface area (Å²) in [6, 6.07) is 13.9. The average Bonchev–Trinajstić information content (AvgIpc) is 2.59. The van der Waals surface area contributed by atoms with Gasteiger partial charge in [0.05, 0.1) is 0 Å². The Balaban J connectivity index is 1.95. The first kappa shape index (κ1) is 17.0. The Hall–Kier alpha value is -2.40. The van der Waals surface area contributed by atoms with Gasteiger partial charge >= 0.3 is 0 Å². The third kappa shape index (κ3) is 5.38. The molecule has 0 saturated carbocycles. The number of pyridine rings is 1. The van der Waals surface area contributed by atoms with Crippen molar-refractivity contribution >= 4 is 11.6 Å². The number of amides is 1. The van der Waals surface area contributed by atoms with Gasteiger partial charge in [-0.2, -0.15) is 0 Å². The third-order valence-corrected chi connectivity index (χ3v) is 3.49. The molecule has 0 saturated heterocycles. The maximum atomic E-state index is 12.1. The predicted molar refractivity (Wildman–Crippen MR) is 91.5 cm³/mol. The molecular formula is C18H23N3O2. The van der Waals surface area contributed by atoms with E-state index in [0.717, 1.165) is 12.1 Å². The molecule has 1 amide bonds. The van der Waals surface area contributed by atoms with Gasteiger partial charge in [-0.25, -0.2) is 0 Å². The van der Waals surface area contributed by atoms with Crippen LogP contribution in [0.3, 0.4) is 0 Å². The maximum absolute atomic E-state index is 12.1.